The molecule has 4 heteroatoms. The molecule has 0 bridgehead atoms. The first kappa shape index (κ1) is 10.3. The highest BCUT2D eigenvalue weighted by molar-refractivity contribution is 6.30. The highest BCUT2D eigenvalue weighted by atomic mass is 35.5. The zero-order valence-corrected chi connectivity index (χ0v) is 9.14. The summed E-state index contributed by atoms with van der Waals surface area (Å²) in [7, 11) is 0. The van der Waals surface area contributed by atoms with Crippen LogP contribution in [0.25, 0.3) is 0 Å². The molecular weight excluding hydrogens is 214 g/mol. The van der Waals surface area contributed by atoms with Crippen LogP contribution in [0.15, 0.2) is 12.1 Å². The van der Waals surface area contributed by atoms with E-state index in [9.17, 15) is 4.79 Å². The minimum absolute atomic E-state index is 0.432. The lowest BCUT2D eigenvalue weighted by molar-refractivity contribution is -0.138. The molecule has 0 saturated heterocycles. The summed E-state index contributed by atoms with van der Waals surface area (Å²) in [5.74, 6) is -1.21. The Hall–Kier alpha value is -1.22. The van der Waals surface area contributed by atoms with Gasteiger partial charge in [-0.3, -0.25) is 4.79 Å². The number of anilines is 1. The van der Waals surface area contributed by atoms with Gasteiger partial charge in [0.05, 0.1) is 5.92 Å². The number of rotatable bonds is 1. The molecule has 1 atom stereocenters. The SMILES string of the molecule is Cc1cc(Cl)cc2c1NCCC2C(=O)O. The lowest BCUT2D eigenvalue weighted by Crippen LogP contribution is -2.23. The molecule has 1 unspecified atom stereocenters. The third kappa shape index (κ3) is 1.79. The molecule has 1 aromatic rings. The summed E-state index contributed by atoms with van der Waals surface area (Å²) in [4.78, 5) is 11.1. The number of carboxylic acids is 1. The van der Waals surface area contributed by atoms with Crippen molar-refractivity contribution < 1.29 is 9.90 Å². The molecule has 0 amide bonds. The topological polar surface area (TPSA) is 49.3 Å². The van der Waals surface area contributed by atoms with Crippen LogP contribution in [-0.4, -0.2) is 17.6 Å². The Labute approximate surface area is 93.1 Å². The summed E-state index contributed by atoms with van der Waals surface area (Å²) in [6.45, 7) is 2.63. The van der Waals surface area contributed by atoms with E-state index in [1.165, 1.54) is 0 Å². The first-order chi connectivity index (χ1) is 7.09. The van der Waals surface area contributed by atoms with Crippen LogP contribution < -0.4 is 5.32 Å². The summed E-state index contributed by atoms with van der Waals surface area (Å²) < 4.78 is 0. The molecule has 1 aliphatic rings. The third-order valence-electron chi connectivity index (χ3n) is 2.74. The molecule has 2 rings (SSSR count). The molecule has 0 fully saturated rings. The second kappa shape index (κ2) is 3.74. The number of halogens is 1. The summed E-state index contributed by atoms with van der Waals surface area (Å²) in [5, 5.41) is 12.9. The highest BCUT2D eigenvalue weighted by Crippen LogP contribution is 2.36. The number of nitrogens with one attached hydrogen (secondary N) is 1. The maximum atomic E-state index is 11.1. The Morgan fingerprint density at radius 1 is 1.60 bits per heavy atom. The van der Waals surface area contributed by atoms with Gasteiger partial charge in [-0.25, -0.2) is 0 Å². The quantitative estimate of drug-likeness (QED) is 0.773. The van der Waals surface area contributed by atoms with E-state index < -0.39 is 11.9 Å². The zero-order chi connectivity index (χ0) is 11.0. The van der Waals surface area contributed by atoms with Gasteiger partial charge in [-0.1, -0.05) is 11.6 Å². The van der Waals surface area contributed by atoms with Crippen LogP contribution in [0.3, 0.4) is 0 Å². The average molecular weight is 226 g/mol. The number of aliphatic carboxylic acids is 1. The van der Waals surface area contributed by atoms with E-state index >= 15 is 0 Å². The van der Waals surface area contributed by atoms with Crippen molar-refractivity contribution >= 4 is 23.3 Å². The first-order valence-corrected chi connectivity index (χ1v) is 5.24. The second-order valence-electron chi connectivity index (χ2n) is 3.79. The Balaban J connectivity index is 2.55. The van der Waals surface area contributed by atoms with Gasteiger partial charge in [0.15, 0.2) is 0 Å². The Bertz CT molecular complexity index is 417. The lowest BCUT2D eigenvalue weighted by Gasteiger charge is -2.25. The van der Waals surface area contributed by atoms with E-state index in [4.69, 9.17) is 16.7 Å². The summed E-state index contributed by atoms with van der Waals surface area (Å²) in [6, 6.07) is 3.59. The number of fused-ring (bicyclic) bond motifs is 1. The van der Waals surface area contributed by atoms with Crippen molar-refractivity contribution in [2.45, 2.75) is 19.3 Å². The van der Waals surface area contributed by atoms with E-state index in [-0.39, 0.29) is 0 Å². The van der Waals surface area contributed by atoms with Gasteiger partial charge in [0.1, 0.15) is 0 Å². The Kier molecular flexibility index (Phi) is 2.57. The minimum atomic E-state index is -0.778. The molecule has 0 aliphatic carbocycles. The molecule has 0 radical (unpaired) electrons. The Morgan fingerprint density at radius 2 is 2.33 bits per heavy atom. The van der Waals surface area contributed by atoms with Gasteiger partial charge < -0.3 is 10.4 Å². The third-order valence-corrected chi connectivity index (χ3v) is 2.96. The van der Waals surface area contributed by atoms with Gasteiger partial charge in [0.2, 0.25) is 0 Å². The van der Waals surface area contributed by atoms with E-state index in [1.54, 1.807) is 6.07 Å². The van der Waals surface area contributed by atoms with Gasteiger partial charge in [-0.05, 0) is 36.6 Å². The van der Waals surface area contributed by atoms with Crippen molar-refractivity contribution in [1.29, 1.82) is 0 Å². The van der Waals surface area contributed by atoms with Gasteiger partial charge in [0, 0.05) is 17.3 Å². The molecule has 0 saturated carbocycles. The summed E-state index contributed by atoms with van der Waals surface area (Å²) in [5.41, 5.74) is 2.74. The van der Waals surface area contributed by atoms with E-state index in [2.05, 4.69) is 5.32 Å². The fourth-order valence-electron chi connectivity index (χ4n) is 2.04. The maximum Gasteiger partial charge on any atom is 0.311 e. The monoisotopic (exact) mass is 225 g/mol. The molecule has 0 aromatic heterocycles. The van der Waals surface area contributed by atoms with Crippen LogP contribution >= 0.6 is 11.6 Å². The van der Waals surface area contributed by atoms with Crippen molar-refractivity contribution in [3.63, 3.8) is 0 Å². The molecule has 1 aliphatic heterocycles. The number of carboxylic acid groups (broad SMARTS) is 1. The van der Waals surface area contributed by atoms with Crippen molar-refractivity contribution in [3.05, 3.63) is 28.3 Å². The number of carbonyl (C=O) groups is 1. The Morgan fingerprint density at radius 3 is 3.00 bits per heavy atom. The molecule has 1 heterocycles. The molecule has 2 N–H and O–H groups in total. The fourth-order valence-corrected chi connectivity index (χ4v) is 2.32. The van der Waals surface area contributed by atoms with E-state index in [1.807, 2.05) is 13.0 Å². The molecule has 0 spiro atoms. The van der Waals surface area contributed by atoms with Gasteiger partial charge in [-0.2, -0.15) is 0 Å². The first-order valence-electron chi connectivity index (χ1n) is 4.86. The number of benzene rings is 1. The molecule has 3 nitrogen and oxygen atoms in total. The van der Waals surface area contributed by atoms with Crippen LogP contribution in [0.4, 0.5) is 5.69 Å². The lowest BCUT2D eigenvalue weighted by atomic mass is 9.89. The van der Waals surface area contributed by atoms with Crippen LogP contribution in [-0.2, 0) is 4.79 Å². The minimum Gasteiger partial charge on any atom is -0.481 e. The largest absolute Gasteiger partial charge is 0.481 e. The average Bonchev–Trinajstić information content (AvgIpc) is 2.16. The van der Waals surface area contributed by atoms with Crippen LogP contribution in [0.1, 0.15) is 23.5 Å². The summed E-state index contributed by atoms with van der Waals surface area (Å²) >= 11 is 5.93. The van der Waals surface area contributed by atoms with Crippen molar-refractivity contribution in [3.8, 4) is 0 Å². The van der Waals surface area contributed by atoms with Crippen LogP contribution in [0.5, 0.6) is 0 Å². The predicted octanol–water partition coefficient (Wildman–Crippen LogP) is 2.63. The predicted molar refractivity (Wildman–Crippen MR) is 59.7 cm³/mol. The second-order valence-corrected chi connectivity index (χ2v) is 4.23. The maximum absolute atomic E-state index is 11.1. The van der Waals surface area contributed by atoms with Gasteiger partial charge in [-0.15, -0.1) is 0 Å². The van der Waals surface area contributed by atoms with Crippen LogP contribution in [0, 0.1) is 6.92 Å². The normalized spacial score (nSPS) is 19.2. The van der Waals surface area contributed by atoms with E-state index in [0.29, 0.717) is 18.0 Å². The molecular formula is C11H12ClNO2. The number of aryl methyl sites for hydroxylation is 1. The molecule has 80 valence electrons. The van der Waals surface area contributed by atoms with Crippen molar-refractivity contribution in [2.24, 2.45) is 0 Å². The van der Waals surface area contributed by atoms with E-state index in [0.717, 1.165) is 16.8 Å². The fraction of sp³-hybridized carbons (Fsp3) is 0.364. The zero-order valence-electron chi connectivity index (χ0n) is 8.38. The summed E-state index contributed by atoms with van der Waals surface area (Å²) in [6.07, 6.45) is 0.613. The standard InChI is InChI=1S/C11H12ClNO2/c1-6-4-7(12)5-9-8(11(14)15)2-3-13-10(6)9/h4-5,8,13H,2-3H2,1H3,(H,14,15). The van der Waals surface area contributed by atoms with Crippen molar-refractivity contribution in [2.75, 3.05) is 11.9 Å². The molecule has 1 aromatic carbocycles. The van der Waals surface area contributed by atoms with Gasteiger partial charge in [0.25, 0.3) is 0 Å². The van der Waals surface area contributed by atoms with Gasteiger partial charge >= 0.3 is 5.97 Å². The number of hydrogen-bond donors (Lipinski definition) is 2. The van der Waals surface area contributed by atoms with Crippen molar-refractivity contribution in [1.82, 2.24) is 0 Å². The van der Waals surface area contributed by atoms with Crippen LogP contribution in [0.2, 0.25) is 5.02 Å². The highest BCUT2D eigenvalue weighted by Gasteiger charge is 2.27. The molecule has 15 heavy (non-hydrogen) atoms. The smallest absolute Gasteiger partial charge is 0.311 e. The number of hydrogen-bond acceptors (Lipinski definition) is 2.